The van der Waals surface area contributed by atoms with E-state index in [2.05, 4.69) is 24.1 Å². The first kappa shape index (κ1) is 14.6. The molecule has 0 bridgehead atoms. The minimum absolute atomic E-state index is 0.376. The second-order valence-corrected chi connectivity index (χ2v) is 4.82. The highest BCUT2D eigenvalue weighted by atomic mass is 32.1. The smallest absolute Gasteiger partial charge is 0.0798 e. The number of methoxy groups -OCH3 is 1. The Morgan fingerprint density at radius 2 is 2.24 bits per heavy atom. The molecule has 0 aromatic carbocycles. The molecule has 1 heterocycles. The number of thiazole rings is 1. The van der Waals surface area contributed by atoms with Crippen molar-refractivity contribution in [2.45, 2.75) is 26.3 Å². The summed E-state index contributed by atoms with van der Waals surface area (Å²) in [5.41, 5.74) is 3.03. The third kappa shape index (κ3) is 5.59. The number of aryl methyl sites for hydroxylation is 1. The van der Waals surface area contributed by atoms with E-state index in [4.69, 9.17) is 9.47 Å². The van der Waals surface area contributed by atoms with Crippen LogP contribution in [0.2, 0.25) is 0 Å². The average molecular weight is 258 g/mol. The maximum Gasteiger partial charge on any atom is 0.0798 e. The molecular formula is C12H22N2O2S. The molecular weight excluding hydrogens is 236 g/mol. The Labute approximate surface area is 107 Å². The first-order chi connectivity index (χ1) is 8.25. The SMILES string of the molecule is COCCOCCCNC(C)c1scnc1C. The number of hydrogen-bond donors (Lipinski definition) is 1. The van der Waals surface area contributed by atoms with Crippen LogP contribution in [0.3, 0.4) is 0 Å². The quantitative estimate of drug-likeness (QED) is 0.689. The standard InChI is InChI=1S/C12H22N2O2S/c1-10(12-11(2)14-9-17-12)13-5-4-6-16-8-7-15-3/h9-10,13H,4-8H2,1-3H3. The summed E-state index contributed by atoms with van der Waals surface area (Å²) in [5.74, 6) is 0. The highest BCUT2D eigenvalue weighted by Crippen LogP contribution is 2.20. The topological polar surface area (TPSA) is 43.4 Å². The molecule has 0 fully saturated rings. The van der Waals surface area contributed by atoms with Gasteiger partial charge < -0.3 is 14.8 Å². The number of rotatable bonds is 9. The van der Waals surface area contributed by atoms with Crippen LogP contribution < -0.4 is 5.32 Å². The monoisotopic (exact) mass is 258 g/mol. The van der Waals surface area contributed by atoms with Gasteiger partial charge in [0.1, 0.15) is 0 Å². The van der Waals surface area contributed by atoms with Crippen LogP contribution in [0.4, 0.5) is 0 Å². The Balaban J connectivity index is 2.05. The molecule has 0 aliphatic rings. The fraction of sp³-hybridized carbons (Fsp3) is 0.750. The van der Waals surface area contributed by atoms with Crippen molar-refractivity contribution in [1.29, 1.82) is 0 Å². The molecule has 98 valence electrons. The van der Waals surface area contributed by atoms with E-state index in [1.54, 1.807) is 18.4 Å². The number of nitrogens with one attached hydrogen (secondary N) is 1. The number of hydrogen-bond acceptors (Lipinski definition) is 5. The lowest BCUT2D eigenvalue weighted by molar-refractivity contribution is 0.0693. The lowest BCUT2D eigenvalue weighted by Gasteiger charge is -2.12. The molecule has 1 aromatic rings. The van der Waals surface area contributed by atoms with Crippen molar-refractivity contribution in [3.8, 4) is 0 Å². The van der Waals surface area contributed by atoms with Gasteiger partial charge in [-0.15, -0.1) is 11.3 Å². The van der Waals surface area contributed by atoms with E-state index in [-0.39, 0.29) is 0 Å². The molecule has 1 N–H and O–H groups in total. The van der Waals surface area contributed by atoms with Crippen molar-refractivity contribution >= 4 is 11.3 Å². The van der Waals surface area contributed by atoms with Gasteiger partial charge in [0, 0.05) is 24.6 Å². The van der Waals surface area contributed by atoms with E-state index in [0.29, 0.717) is 19.3 Å². The molecule has 4 nitrogen and oxygen atoms in total. The van der Waals surface area contributed by atoms with E-state index < -0.39 is 0 Å². The summed E-state index contributed by atoms with van der Waals surface area (Å²) in [6, 6.07) is 0.376. The lowest BCUT2D eigenvalue weighted by Crippen LogP contribution is -2.21. The summed E-state index contributed by atoms with van der Waals surface area (Å²) < 4.78 is 10.3. The van der Waals surface area contributed by atoms with Gasteiger partial charge >= 0.3 is 0 Å². The second kappa shape index (κ2) is 8.58. The summed E-state index contributed by atoms with van der Waals surface area (Å²) in [6.07, 6.45) is 1.02. The molecule has 0 saturated heterocycles. The van der Waals surface area contributed by atoms with Crippen LogP contribution in [0.15, 0.2) is 5.51 Å². The molecule has 0 spiro atoms. The van der Waals surface area contributed by atoms with E-state index >= 15 is 0 Å². The van der Waals surface area contributed by atoms with Gasteiger partial charge in [-0.05, 0) is 26.8 Å². The summed E-state index contributed by atoms with van der Waals surface area (Å²) in [6.45, 7) is 7.32. The van der Waals surface area contributed by atoms with Crippen LogP contribution in [0.1, 0.15) is 30.0 Å². The molecule has 1 aromatic heterocycles. The molecule has 0 aliphatic heterocycles. The molecule has 1 atom stereocenters. The normalized spacial score (nSPS) is 12.9. The number of nitrogens with zero attached hydrogens (tertiary/aromatic N) is 1. The minimum atomic E-state index is 0.376. The van der Waals surface area contributed by atoms with Gasteiger partial charge in [0.25, 0.3) is 0 Å². The van der Waals surface area contributed by atoms with Gasteiger partial charge in [0.15, 0.2) is 0 Å². The fourth-order valence-electron chi connectivity index (χ4n) is 1.56. The Morgan fingerprint density at radius 1 is 1.41 bits per heavy atom. The predicted octanol–water partition coefficient (Wildman–Crippen LogP) is 2.16. The zero-order valence-corrected chi connectivity index (χ0v) is 11.7. The van der Waals surface area contributed by atoms with E-state index in [1.807, 2.05) is 5.51 Å². The number of ether oxygens (including phenoxy) is 2. The molecule has 0 amide bonds. The summed E-state index contributed by atoms with van der Waals surface area (Å²) in [7, 11) is 1.68. The maximum atomic E-state index is 5.40. The zero-order valence-electron chi connectivity index (χ0n) is 10.9. The Hall–Kier alpha value is -0.490. The molecule has 0 saturated carbocycles. The third-order valence-corrected chi connectivity index (χ3v) is 3.64. The fourth-order valence-corrected chi connectivity index (χ4v) is 2.39. The molecule has 0 radical (unpaired) electrons. The molecule has 5 heteroatoms. The highest BCUT2D eigenvalue weighted by Gasteiger charge is 2.09. The lowest BCUT2D eigenvalue weighted by atomic mass is 10.2. The van der Waals surface area contributed by atoms with Gasteiger partial charge in [-0.2, -0.15) is 0 Å². The third-order valence-electron chi connectivity index (χ3n) is 2.52. The molecule has 1 unspecified atom stereocenters. The van der Waals surface area contributed by atoms with Gasteiger partial charge in [0.2, 0.25) is 0 Å². The van der Waals surface area contributed by atoms with E-state index in [1.165, 1.54) is 4.88 Å². The predicted molar refractivity (Wildman–Crippen MR) is 70.6 cm³/mol. The second-order valence-electron chi connectivity index (χ2n) is 3.94. The molecule has 17 heavy (non-hydrogen) atoms. The first-order valence-corrected chi connectivity index (χ1v) is 6.83. The van der Waals surface area contributed by atoms with Crippen LogP contribution >= 0.6 is 11.3 Å². The van der Waals surface area contributed by atoms with Crippen molar-refractivity contribution in [3.63, 3.8) is 0 Å². The van der Waals surface area contributed by atoms with Crippen molar-refractivity contribution in [2.75, 3.05) is 33.5 Å². The van der Waals surface area contributed by atoms with Crippen molar-refractivity contribution in [1.82, 2.24) is 10.3 Å². The summed E-state index contributed by atoms with van der Waals surface area (Å²) in [4.78, 5) is 5.58. The van der Waals surface area contributed by atoms with Crippen molar-refractivity contribution in [2.24, 2.45) is 0 Å². The van der Waals surface area contributed by atoms with Gasteiger partial charge in [-0.1, -0.05) is 0 Å². The van der Waals surface area contributed by atoms with Crippen LogP contribution in [-0.4, -0.2) is 38.5 Å². The average Bonchev–Trinajstić information content (AvgIpc) is 2.74. The zero-order chi connectivity index (χ0) is 12.5. The first-order valence-electron chi connectivity index (χ1n) is 5.95. The van der Waals surface area contributed by atoms with Crippen LogP contribution in [0, 0.1) is 6.92 Å². The molecule has 1 rings (SSSR count). The van der Waals surface area contributed by atoms with Crippen LogP contribution in [0.5, 0.6) is 0 Å². The van der Waals surface area contributed by atoms with Crippen molar-refractivity contribution < 1.29 is 9.47 Å². The Bertz CT molecular complexity index is 304. The minimum Gasteiger partial charge on any atom is -0.382 e. The highest BCUT2D eigenvalue weighted by molar-refractivity contribution is 7.09. The van der Waals surface area contributed by atoms with Gasteiger partial charge in [-0.3, -0.25) is 0 Å². The van der Waals surface area contributed by atoms with Gasteiger partial charge in [-0.25, -0.2) is 4.98 Å². The largest absolute Gasteiger partial charge is 0.382 e. The Morgan fingerprint density at radius 3 is 2.88 bits per heavy atom. The summed E-state index contributed by atoms with van der Waals surface area (Å²) >= 11 is 1.71. The van der Waals surface area contributed by atoms with Gasteiger partial charge in [0.05, 0.1) is 24.4 Å². The van der Waals surface area contributed by atoms with E-state index in [9.17, 15) is 0 Å². The Kier molecular flexibility index (Phi) is 7.35. The van der Waals surface area contributed by atoms with Crippen LogP contribution in [0.25, 0.3) is 0 Å². The van der Waals surface area contributed by atoms with Crippen LogP contribution in [-0.2, 0) is 9.47 Å². The molecule has 0 aliphatic carbocycles. The number of aromatic nitrogens is 1. The summed E-state index contributed by atoms with van der Waals surface area (Å²) in [5, 5.41) is 3.48. The maximum absolute atomic E-state index is 5.40. The van der Waals surface area contributed by atoms with E-state index in [0.717, 1.165) is 25.3 Å². The van der Waals surface area contributed by atoms with Crippen molar-refractivity contribution in [3.05, 3.63) is 16.1 Å².